The second kappa shape index (κ2) is 93.9. The van der Waals surface area contributed by atoms with Crippen molar-refractivity contribution >= 4 is 118 Å². The van der Waals surface area contributed by atoms with Gasteiger partial charge in [0.1, 0.15) is 60.0 Å². The lowest BCUT2D eigenvalue weighted by molar-refractivity contribution is -0.142. The van der Waals surface area contributed by atoms with E-state index in [9.17, 15) is 97.2 Å². The number of sulfone groups is 1. The first-order chi connectivity index (χ1) is 65.2. The molecule has 796 valence electrons. The number of carboxylic acids is 3. The van der Waals surface area contributed by atoms with Gasteiger partial charge in [-0.1, -0.05) is 92.1 Å². The van der Waals surface area contributed by atoms with Crippen molar-refractivity contribution in [2.45, 2.75) is 256 Å². The molecule has 1 aromatic rings. The molecule has 0 aliphatic carbocycles. The van der Waals surface area contributed by atoms with Gasteiger partial charge in [-0.15, -0.1) is 0 Å². The number of carbonyl (C=O) groups excluding carboxylic acids is 12. The molecule has 46 heteroatoms. The first-order valence-electron chi connectivity index (χ1n) is 47.1. The first-order valence-corrected chi connectivity index (χ1v) is 52.2. The molecule has 0 saturated heterocycles. The summed E-state index contributed by atoms with van der Waals surface area (Å²) in [7, 11) is -10.6. The van der Waals surface area contributed by atoms with Gasteiger partial charge in [-0.3, -0.25) is 71.8 Å². The Hall–Kier alpha value is -8.36. The van der Waals surface area contributed by atoms with E-state index in [1.54, 1.807) is 53.4 Å². The zero-order valence-electron chi connectivity index (χ0n) is 83.0. The SMILES string of the molecule is CCC(=O)N(CCC(=O)O)Cc1ccc(C)cc1.CCCOCCOCCCC(=O)CCC(NC(=O)CC)C(=O)O.CCCOCCOCCCC(=O)CCS(=O)(=O)NC(=O)CC.CCCS(=O)(=O)CC(=O)CC.CCOCCOCCNC(=O)COCCOCCCC(=O)CCC(NC(=O)CC)C(=O)O.CCOCCOCCNC(=O)COCCOCCCC(=O)CCS(=O)(=O)NC(=O)CC. The van der Waals surface area contributed by atoms with E-state index in [4.69, 9.17) is 72.2 Å². The van der Waals surface area contributed by atoms with E-state index in [0.717, 1.165) is 30.6 Å². The Kier molecular flexibility index (Phi) is 94.0. The lowest BCUT2D eigenvalue weighted by atomic mass is 10.1. The van der Waals surface area contributed by atoms with Crippen LogP contribution in [0.25, 0.3) is 0 Å². The van der Waals surface area contributed by atoms with Crippen LogP contribution in [0.3, 0.4) is 0 Å². The standard InChI is InChI=1S/C21H38N2O9.C19H36N2O9S.C16H29NO6.C14H27NO6S.C14H19NO3.C7H14O3S/c1-3-19(25)23-18(21(27)28)8-7-17(24)6-5-10-30-14-15-32-16-20(26)22-9-11-31-13-12-29-4-2;1-3-18(23)21-31(25,26)15-7-17(22)6-5-9-28-13-14-30-16-19(24)20-8-10-29-12-11-27-4-2;1-3-9-22-11-12-23-10-5-6-13(18)7-8-14(16(20)21)17-15(19)4-2;1-3-8-20-10-11-21-9-5-6-13(16)7-12-22(18,19)15-14(17)4-2;1-3-13(16)15(9-8-14(17)18)10-12-6-4-11(2)5-7-12;1-3-5-11(9,10)6-7(8)4-2/h18H,3-16H2,1-2H3,(H,22,26)(H,23,25)(H,27,28);3-16H2,1-2H3,(H,20,24)(H,21,23);14H,3-12H2,1-2H3,(H,17,19)(H,20,21);3-12H2,1-2H3,(H,15,17);4-7H,3,8-10H2,1-2H3,(H,17,18);3-6H2,1-2H3. The molecule has 9 N–H and O–H groups in total. The average molecular weight is 2030 g/mol. The normalized spacial score (nSPS) is 11.4. The number of amides is 7. The second-order valence-electron chi connectivity index (χ2n) is 30.0. The summed E-state index contributed by atoms with van der Waals surface area (Å²) in [6.45, 7) is 33.2. The fourth-order valence-corrected chi connectivity index (χ4v) is 13.9. The predicted octanol–water partition coefficient (Wildman–Crippen LogP) is 5.64. The molecule has 0 bridgehead atoms. The summed E-state index contributed by atoms with van der Waals surface area (Å²) in [6.07, 6.45) is 7.11. The predicted molar refractivity (Wildman–Crippen MR) is 510 cm³/mol. The van der Waals surface area contributed by atoms with Crippen LogP contribution in [-0.2, 0) is 165 Å². The third-order valence-corrected chi connectivity index (χ3v) is 22.1. The molecule has 43 nitrogen and oxygen atoms in total. The Morgan fingerprint density at radius 1 is 0.336 bits per heavy atom. The average Bonchev–Trinajstić information content (AvgIpc) is 1.06. The summed E-state index contributed by atoms with van der Waals surface area (Å²) >= 11 is 0. The monoisotopic (exact) mass is 2030 g/mol. The largest absolute Gasteiger partial charge is 0.481 e. The molecule has 0 aromatic heterocycles. The molecule has 0 aliphatic heterocycles. The number of carbonyl (C=O) groups is 15. The van der Waals surface area contributed by atoms with Gasteiger partial charge in [-0.2, -0.15) is 0 Å². The summed E-state index contributed by atoms with van der Waals surface area (Å²) in [5.41, 5.74) is 2.19. The van der Waals surface area contributed by atoms with Crippen LogP contribution in [0.4, 0.5) is 0 Å². The van der Waals surface area contributed by atoms with Gasteiger partial charge in [-0.25, -0.2) is 34.8 Å². The number of sulfonamides is 2. The van der Waals surface area contributed by atoms with Crippen molar-refractivity contribution in [3.63, 3.8) is 0 Å². The third kappa shape index (κ3) is 97.7. The maximum Gasteiger partial charge on any atom is 0.326 e. The number of aryl methyl sites for hydroxylation is 1. The quantitative estimate of drug-likeness (QED) is 0.0356. The van der Waals surface area contributed by atoms with E-state index in [0.29, 0.717) is 190 Å². The van der Waals surface area contributed by atoms with Crippen molar-refractivity contribution in [3.05, 3.63) is 35.4 Å². The van der Waals surface area contributed by atoms with Gasteiger partial charge in [0.25, 0.3) is 0 Å². The van der Waals surface area contributed by atoms with E-state index in [1.165, 1.54) is 0 Å². The number of ketones is 5. The highest BCUT2D eigenvalue weighted by Gasteiger charge is 2.24. The topological polar surface area (TPSA) is 605 Å². The Labute approximate surface area is 811 Å². The van der Waals surface area contributed by atoms with Gasteiger partial charge in [0.05, 0.1) is 116 Å². The molecular weight excluding hydrogens is 1860 g/mol. The molecule has 0 radical (unpaired) electrons. The number of ether oxygens (including phenoxy) is 12. The molecular formula is C91H163N7O36S3. The number of carboxylic acid groups (broad SMARTS) is 3. The van der Waals surface area contributed by atoms with Gasteiger partial charge in [0, 0.05) is 169 Å². The lowest BCUT2D eigenvalue weighted by Gasteiger charge is -2.21. The Bertz CT molecular complexity index is 3790. The Morgan fingerprint density at radius 2 is 0.664 bits per heavy atom. The molecule has 2 unspecified atom stereocenters. The van der Waals surface area contributed by atoms with Crippen LogP contribution in [0.1, 0.15) is 241 Å². The molecule has 2 atom stereocenters. The molecule has 1 aromatic carbocycles. The molecule has 7 amide bonds. The van der Waals surface area contributed by atoms with Crippen LogP contribution in [-0.4, -0.2) is 347 Å². The molecule has 137 heavy (non-hydrogen) atoms. The maximum absolute atomic E-state index is 11.9. The smallest absolute Gasteiger partial charge is 0.326 e. The van der Waals surface area contributed by atoms with Crippen molar-refractivity contribution in [1.29, 1.82) is 0 Å². The molecule has 0 saturated carbocycles. The van der Waals surface area contributed by atoms with Crippen molar-refractivity contribution in [1.82, 2.24) is 35.6 Å². The summed E-state index contributed by atoms with van der Waals surface area (Å²) in [5.74, 6) is -7.09. The minimum Gasteiger partial charge on any atom is -0.481 e. The fourth-order valence-electron chi connectivity index (χ4n) is 10.2. The second-order valence-corrected chi connectivity index (χ2v) is 35.9. The van der Waals surface area contributed by atoms with Crippen molar-refractivity contribution in [2.24, 2.45) is 0 Å². The van der Waals surface area contributed by atoms with Crippen LogP contribution in [0.5, 0.6) is 0 Å². The highest BCUT2D eigenvalue weighted by Crippen LogP contribution is 2.12. The van der Waals surface area contributed by atoms with Crippen LogP contribution >= 0.6 is 0 Å². The maximum atomic E-state index is 11.9. The summed E-state index contributed by atoms with van der Waals surface area (Å²) in [6, 6.07) is 5.85. The number of nitrogens with one attached hydrogen (secondary N) is 6. The van der Waals surface area contributed by atoms with Crippen molar-refractivity contribution in [2.75, 3.05) is 201 Å². The Balaban J connectivity index is -0.000000521. The van der Waals surface area contributed by atoms with Gasteiger partial charge < -0.3 is 98.3 Å². The van der Waals surface area contributed by atoms with Crippen molar-refractivity contribution < 1.29 is 169 Å². The summed E-state index contributed by atoms with van der Waals surface area (Å²) in [5, 5.41) is 36.9. The molecule has 1 rings (SSSR count). The molecule has 0 heterocycles. The number of hydrogen-bond donors (Lipinski definition) is 9. The van der Waals surface area contributed by atoms with Crippen LogP contribution < -0.4 is 30.7 Å². The summed E-state index contributed by atoms with van der Waals surface area (Å²) < 4.78 is 135. The van der Waals surface area contributed by atoms with E-state index in [1.807, 2.05) is 68.3 Å². The zero-order valence-corrected chi connectivity index (χ0v) is 85.5. The van der Waals surface area contributed by atoms with Crippen LogP contribution in [0.2, 0.25) is 0 Å². The van der Waals surface area contributed by atoms with E-state index in [-0.39, 0.29) is 205 Å². The fraction of sp³-hybridized carbons (Fsp3) is 0.769. The van der Waals surface area contributed by atoms with Crippen LogP contribution in [0, 0.1) is 6.92 Å². The first kappa shape index (κ1) is 137. The number of hydrogen-bond acceptors (Lipinski definition) is 33. The number of Topliss-reactive ketones (excluding diaryl/α,β-unsaturated/α-hetero) is 5. The van der Waals surface area contributed by atoms with Crippen LogP contribution in [0.15, 0.2) is 24.3 Å². The Morgan fingerprint density at radius 3 is 0.971 bits per heavy atom. The molecule has 0 fully saturated rings. The molecule has 0 spiro atoms. The third-order valence-electron chi connectivity index (χ3n) is 17.8. The lowest BCUT2D eigenvalue weighted by Crippen LogP contribution is -2.40. The molecule has 0 aliphatic rings. The number of nitrogens with zero attached hydrogens (tertiary/aromatic N) is 1. The van der Waals surface area contributed by atoms with Gasteiger partial charge in [0.15, 0.2) is 9.84 Å². The summed E-state index contributed by atoms with van der Waals surface area (Å²) in [4.78, 5) is 171. The zero-order chi connectivity index (χ0) is 104. The van der Waals surface area contributed by atoms with Gasteiger partial charge >= 0.3 is 17.9 Å². The highest BCUT2D eigenvalue weighted by molar-refractivity contribution is 7.92. The number of rotatable bonds is 83. The van der Waals surface area contributed by atoms with Gasteiger partial charge in [-0.05, 0) is 84.1 Å². The number of aliphatic carboxylic acids is 3. The van der Waals surface area contributed by atoms with Gasteiger partial charge in [0.2, 0.25) is 61.4 Å². The minimum absolute atomic E-state index is 0.0163. The van der Waals surface area contributed by atoms with Crippen molar-refractivity contribution in [3.8, 4) is 0 Å². The minimum atomic E-state index is -3.77. The highest BCUT2D eigenvalue weighted by atomic mass is 32.2. The van der Waals surface area contributed by atoms with E-state index < -0.39 is 77.4 Å². The van der Waals surface area contributed by atoms with E-state index >= 15 is 0 Å². The van der Waals surface area contributed by atoms with E-state index in [2.05, 4.69) is 21.3 Å². The number of benzene rings is 1.